The molecule has 1 atom stereocenters. The third-order valence-electron chi connectivity index (χ3n) is 6.81. The quantitative estimate of drug-likeness (QED) is 0.0874. The lowest BCUT2D eigenvalue weighted by Crippen LogP contribution is -2.44. The second-order valence-corrected chi connectivity index (χ2v) is 14.9. The van der Waals surface area contributed by atoms with E-state index in [-0.39, 0.29) is 45.4 Å². The van der Waals surface area contributed by atoms with Gasteiger partial charge in [-0.2, -0.15) is 0 Å². The molecule has 0 spiro atoms. The maximum absolute atomic E-state index is 13.0. The summed E-state index contributed by atoms with van der Waals surface area (Å²) in [5, 5.41) is 26.5. The summed E-state index contributed by atoms with van der Waals surface area (Å²) in [5.74, 6) is -2.45. The second-order valence-electron chi connectivity index (χ2n) is 11.4. The third kappa shape index (κ3) is 9.73. The average Bonchev–Trinajstić information content (AvgIpc) is 3.50. The minimum Gasteiger partial charge on any atom is -0.479 e. The highest BCUT2D eigenvalue weighted by Crippen LogP contribution is 2.30. The molecule has 1 unspecified atom stereocenters. The Morgan fingerprint density at radius 3 is 2.36 bits per heavy atom. The highest BCUT2D eigenvalue weighted by atomic mass is 35.5. The van der Waals surface area contributed by atoms with Gasteiger partial charge in [-0.15, -0.1) is 11.3 Å². The summed E-state index contributed by atoms with van der Waals surface area (Å²) < 4.78 is 36.3. The summed E-state index contributed by atoms with van der Waals surface area (Å²) in [7, 11) is -3.48. The van der Waals surface area contributed by atoms with Gasteiger partial charge in [0.2, 0.25) is 0 Å². The smallest absolute Gasteiger partial charge is 0.366 e. The van der Waals surface area contributed by atoms with E-state index in [1.54, 1.807) is 12.1 Å². The van der Waals surface area contributed by atoms with Gasteiger partial charge in [-0.3, -0.25) is 14.9 Å². The fourth-order valence-corrected chi connectivity index (χ4v) is 6.59. The molecule has 3 aromatic carbocycles. The number of nitrogens with one attached hydrogen (secondary N) is 1. The number of aromatic nitrogens is 1. The number of thiazole rings is 1. The van der Waals surface area contributed by atoms with Crippen LogP contribution in [0.4, 0.5) is 5.69 Å². The maximum Gasteiger partial charge on any atom is 0.366 e. The van der Waals surface area contributed by atoms with Crippen molar-refractivity contribution in [3.05, 3.63) is 109 Å². The van der Waals surface area contributed by atoms with Gasteiger partial charge in [0, 0.05) is 33.5 Å². The van der Waals surface area contributed by atoms with Crippen molar-refractivity contribution in [2.45, 2.75) is 56.8 Å². The highest BCUT2D eigenvalue weighted by molar-refractivity contribution is 7.91. The minimum atomic E-state index is -3.48. The molecule has 2 N–H and O–H groups in total. The Bertz CT molecular complexity index is 1850. The summed E-state index contributed by atoms with van der Waals surface area (Å²) in [6, 6.07) is 15.7. The van der Waals surface area contributed by atoms with Crippen LogP contribution in [0.5, 0.6) is 11.5 Å². The van der Waals surface area contributed by atoms with Gasteiger partial charge in [-0.05, 0) is 60.9 Å². The van der Waals surface area contributed by atoms with Crippen LogP contribution in [-0.2, 0) is 33.1 Å². The standard InChI is InChI=1S/C32H32ClN3O9S2/c1-32(2,3)27-19-46-28(34-27)18-44-26-17-21(8-15-25(26)36(40)41)29(37)35-30(31(38)39)45-23-11-6-20(7-12-23)5-4-16-47(42,43)24-13-9-22(33)10-14-24/h6-15,17,19,30H,4-5,16,18H2,1-3H3,(H,35,37)(H,38,39). The van der Waals surface area contributed by atoms with Crippen molar-refractivity contribution < 1.29 is 37.5 Å². The van der Waals surface area contributed by atoms with Crippen molar-refractivity contribution in [1.29, 1.82) is 0 Å². The SMILES string of the molecule is CC(C)(C)c1csc(COc2cc(C(=O)NC(Oc3ccc(CCCS(=O)(=O)c4ccc(Cl)cc4)cc3)C(=O)O)ccc2[N+](=O)[O-])n1. The molecule has 4 aromatic rings. The molecule has 0 aliphatic heterocycles. The summed E-state index contributed by atoms with van der Waals surface area (Å²) in [6.07, 6.45) is -0.998. The van der Waals surface area contributed by atoms with Gasteiger partial charge in [0.15, 0.2) is 15.6 Å². The number of sulfone groups is 1. The highest BCUT2D eigenvalue weighted by Gasteiger charge is 2.25. The number of aryl methyl sites for hydroxylation is 1. The van der Waals surface area contributed by atoms with Crippen molar-refractivity contribution in [1.82, 2.24) is 10.3 Å². The van der Waals surface area contributed by atoms with E-state index in [0.717, 1.165) is 23.4 Å². The third-order valence-corrected chi connectivity index (χ3v) is 9.70. The molecule has 1 amide bonds. The van der Waals surface area contributed by atoms with E-state index in [9.17, 15) is 33.2 Å². The van der Waals surface area contributed by atoms with Gasteiger partial charge in [-0.1, -0.05) is 44.5 Å². The van der Waals surface area contributed by atoms with E-state index in [1.165, 1.54) is 53.8 Å². The molecule has 0 saturated heterocycles. The van der Waals surface area contributed by atoms with Crippen LogP contribution in [0.1, 0.15) is 53.8 Å². The summed E-state index contributed by atoms with van der Waals surface area (Å²) in [5.41, 5.74) is 0.999. The van der Waals surface area contributed by atoms with E-state index in [1.807, 2.05) is 26.2 Å². The molecule has 0 aliphatic carbocycles. The lowest BCUT2D eigenvalue weighted by Gasteiger charge is -2.17. The van der Waals surface area contributed by atoms with Crippen molar-refractivity contribution in [3.63, 3.8) is 0 Å². The number of amides is 1. The van der Waals surface area contributed by atoms with Crippen molar-refractivity contribution in [2.24, 2.45) is 0 Å². The largest absolute Gasteiger partial charge is 0.479 e. The number of hydrogen-bond acceptors (Lipinski definition) is 10. The normalized spacial score (nSPS) is 12.3. The molecule has 0 fully saturated rings. The zero-order valence-electron chi connectivity index (χ0n) is 25.6. The van der Waals surface area contributed by atoms with Crippen LogP contribution < -0.4 is 14.8 Å². The predicted octanol–water partition coefficient (Wildman–Crippen LogP) is 6.21. The van der Waals surface area contributed by atoms with Crippen LogP contribution in [-0.4, -0.2) is 47.3 Å². The summed E-state index contributed by atoms with van der Waals surface area (Å²) in [4.78, 5) is 40.6. The van der Waals surface area contributed by atoms with E-state index in [0.29, 0.717) is 22.9 Å². The molecule has 12 nitrogen and oxygen atoms in total. The molecule has 47 heavy (non-hydrogen) atoms. The topological polar surface area (TPSA) is 175 Å². The number of rotatable bonds is 14. The van der Waals surface area contributed by atoms with Crippen LogP contribution in [0.15, 0.2) is 77.0 Å². The monoisotopic (exact) mass is 701 g/mol. The van der Waals surface area contributed by atoms with Crippen molar-refractivity contribution >= 4 is 50.3 Å². The van der Waals surface area contributed by atoms with Crippen LogP contribution in [0.2, 0.25) is 5.02 Å². The molecule has 1 aromatic heterocycles. The zero-order chi connectivity index (χ0) is 34.4. The Labute approximate surface area is 280 Å². The Hall–Kier alpha value is -4.53. The number of carbonyl (C=O) groups is 2. The van der Waals surface area contributed by atoms with E-state index < -0.39 is 32.9 Å². The molecule has 15 heteroatoms. The van der Waals surface area contributed by atoms with Gasteiger partial charge in [0.25, 0.3) is 12.1 Å². The molecular formula is C32H32ClN3O9S2. The number of aliphatic carboxylic acids is 1. The van der Waals surface area contributed by atoms with E-state index in [4.69, 9.17) is 21.1 Å². The molecule has 1 heterocycles. The Morgan fingerprint density at radius 2 is 1.77 bits per heavy atom. The fraction of sp³-hybridized carbons (Fsp3) is 0.281. The van der Waals surface area contributed by atoms with E-state index >= 15 is 0 Å². The Morgan fingerprint density at radius 1 is 1.09 bits per heavy atom. The van der Waals surface area contributed by atoms with Crippen LogP contribution >= 0.6 is 22.9 Å². The summed E-state index contributed by atoms with van der Waals surface area (Å²) in [6.45, 7) is 5.95. The molecule has 248 valence electrons. The first-order valence-corrected chi connectivity index (χ1v) is 17.2. The van der Waals surface area contributed by atoms with Crippen molar-refractivity contribution in [3.8, 4) is 11.5 Å². The minimum absolute atomic E-state index is 0.0678. The number of nitrogens with zero attached hydrogens (tertiary/aromatic N) is 2. The van der Waals surface area contributed by atoms with Gasteiger partial charge in [0.1, 0.15) is 17.4 Å². The number of nitro benzene ring substituents is 1. The number of nitro groups is 1. The molecule has 0 radical (unpaired) electrons. The first-order valence-electron chi connectivity index (χ1n) is 14.3. The van der Waals surface area contributed by atoms with Gasteiger partial charge >= 0.3 is 11.7 Å². The van der Waals surface area contributed by atoms with Gasteiger partial charge in [-0.25, -0.2) is 18.2 Å². The van der Waals surface area contributed by atoms with Crippen molar-refractivity contribution in [2.75, 3.05) is 5.75 Å². The molecule has 0 bridgehead atoms. The molecule has 0 aliphatic rings. The first kappa shape index (κ1) is 35.3. The fourth-order valence-electron chi connectivity index (χ4n) is 4.22. The first-order chi connectivity index (χ1) is 22.1. The summed E-state index contributed by atoms with van der Waals surface area (Å²) >= 11 is 7.18. The molecular weight excluding hydrogens is 670 g/mol. The van der Waals surface area contributed by atoms with Gasteiger partial charge in [0.05, 0.1) is 21.3 Å². The van der Waals surface area contributed by atoms with Crippen LogP contribution in [0.3, 0.4) is 0 Å². The molecule has 4 rings (SSSR count). The average molecular weight is 702 g/mol. The van der Waals surface area contributed by atoms with Gasteiger partial charge < -0.3 is 19.9 Å². The maximum atomic E-state index is 13.0. The second kappa shape index (κ2) is 14.9. The van der Waals surface area contributed by atoms with E-state index in [2.05, 4.69) is 10.3 Å². The number of ether oxygens (including phenoxy) is 2. The Balaban J connectivity index is 1.37. The lowest BCUT2D eigenvalue weighted by atomic mass is 9.93. The number of benzene rings is 3. The van der Waals surface area contributed by atoms with Crippen LogP contribution in [0, 0.1) is 10.1 Å². The lowest BCUT2D eigenvalue weighted by molar-refractivity contribution is -0.385. The Kier molecular flexibility index (Phi) is 11.2. The zero-order valence-corrected chi connectivity index (χ0v) is 28.0. The number of carboxylic acid groups (broad SMARTS) is 1. The predicted molar refractivity (Wildman–Crippen MR) is 176 cm³/mol. The number of carbonyl (C=O) groups excluding carboxylic acids is 1. The molecule has 0 saturated carbocycles. The number of hydrogen-bond donors (Lipinski definition) is 2. The van der Waals surface area contributed by atoms with Crippen LogP contribution in [0.25, 0.3) is 0 Å². The number of halogens is 1. The number of carboxylic acids is 1.